The van der Waals surface area contributed by atoms with Crippen molar-refractivity contribution in [1.82, 2.24) is 4.98 Å². The number of ether oxygens (including phenoxy) is 1. The van der Waals surface area contributed by atoms with Gasteiger partial charge in [-0.3, -0.25) is 0 Å². The van der Waals surface area contributed by atoms with Gasteiger partial charge in [-0.15, -0.1) is 0 Å². The lowest BCUT2D eigenvalue weighted by molar-refractivity contribution is -0.131. The number of fused-ring (bicyclic) bond motifs is 1. The predicted octanol–water partition coefficient (Wildman–Crippen LogP) is 3.16. The maximum absolute atomic E-state index is 12.0. The molecule has 0 aliphatic rings. The van der Waals surface area contributed by atoms with Crippen LogP contribution in [0.5, 0.6) is 0 Å². The number of rotatable bonds is 4. The number of esters is 1. The molecule has 2 aromatic rings. The normalized spacial score (nSPS) is 11.0. The lowest BCUT2D eigenvalue weighted by Crippen LogP contribution is -2.08. The van der Waals surface area contributed by atoms with Gasteiger partial charge in [-0.2, -0.15) is 0 Å². The number of nitrogens with zero attached hydrogens (tertiary/aromatic N) is 1. The minimum atomic E-state index is -1.12. The third-order valence-electron chi connectivity index (χ3n) is 2.69. The Kier molecular flexibility index (Phi) is 4.55. The molecule has 0 spiro atoms. The molecule has 0 saturated heterocycles. The van der Waals surface area contributed by atoms with Crippen molar-refractivity contribution in [3.05, 3.63) is 46.6 Å². The highest BCUT2D eigenvalue weighted by atomic mass is 35.5. The Bertz CT molecular complexity index is 740. The number of hydrogen-bond donors (Lipinski definition) is 1. The molecule has 1 heterocycles. The summed E-state index contributed by atoms with van der Waals surface area (Å²) < 4.78 is 4.96. The first-order valence-corrected chi connectivity index (χ1v) is 6.57. The molecule has 5 nitrogen and oxygen atoms in total. The summed E-state index contributed by atoms with van der Waals surface area (Å²) in [6, 6.07) is 6.64. The monoisotopic (exact) mass is 305 g/mol. The predicted molar refractivity (Wildman–Crippen MR) is 79.4 cm³/mol. The fourth-order valence-electron chi connectivity index (χ4n) is 1.81. The van der Waals surface area contributed by atoms with Crippen molar-refractivity contribution in [3.63, 3.8) is 0 Å². The molecular weight excluding hydrogens is 294 g/mol. The van der Waals surface area contributed by atoms with E-state index in [4.69, 9.17) is 21.4 Å². The average Bonchev–Trinajstić information content (AvgIpc) is 2.44. The molecule has 2 rings (SSSR count). The van der Waals surface area contributed by atoms with Gasteiger partial charge in [0.05, 0.1) is 23.4 Å². The van der Waals surface area contributed by atoms with E-state index in [-0.39, 0.29) is 17.9 Å². The summed E-state index contributed by atoms with van der Waals surface area (Å²) in [6.07, 6.45) is 2.19. The quantitative estimate of drug-likeness (QED) is 0.693. The van der Waals surface area contributed by atoms with E-state index < -0.39 is 11.9 Å². The zero-order valence-corrected chi connectivity index (χ0v) is 11.9. The fraction of sp³-hybridized carbons (Fsp3) is 0.133. The number of benzene rings is 1. The standard InChI is InChI=1S/C15H12ClNO4/c1-2-21-15(20)11-8-9-7-10(16)3-4-12(9)17-13(11)5-6-14(18)19/h3-8H,2H2,1H3,(H,18,19)/b6-5+. The van der Waals surface area contributed by atoms with Crippen molar-refractivity contribution < 1.29 is 19.4 Å². The summed E-state index contributed by atoms with van der Waals surface area (Å²) in [5, 5.41) is 9.91. The lowest BCUT2D eigenvalue weighted by Gasteiger charge is -2.07. The SMILES string of the molecule is CCOC(=O)c1cc2cc(Cl)ccc2nc1/C=C/C(=O)O. The van der Waals surface area contributed by atoms with Crippen molar-refractivity contribution in [2.45, 2.75) is 6.92 Å². The molecular formula is C15H12ClNO4. The number of hydrogen-bond acceptors (Lipinski definition) is 4. The van der Waals surface area contributed by atoms with Crippen molar-refractivity contribution in [3.8, 4) is 0 Å². The maximum Gasteiger partial charge on any atom is 0.340 e. The number of pyridine rings is 1. The van der Waals surface area contributed by atoms with Crippen LogP contribution in [0.1, 0.15) is 23.0 Å². The molecule has 0 aliphatic heterocycles. The van der Waals surface area contributed by atoms with Gasteiger partial charge in [-0.25, -0.2) is 14.6 Å². The molecule has 1 aromatic heterocycles. The van der Waals surface area contributed by atoms with Gasteiger partial charge in [-0.1, -0.05) is 11.6 Å². The Balaban J connectivity index is 2.61. The number of aliphatic carboxylic acids is 1. The number of carbonyl (C=O) groups is 2. The number of carboxylic acids is 1. The van der Waals surface area contributed by atoms with Crippen LogP contribution in [-0.4, -0.2) is 28.6 Å². The van der Waals surface area contributed by atoms with Crippen molar-refractivity contribution >= 4 is 40.5 Å². The second-order valence-corrected chi connectivity index (χ2v) is 4.59. The summed E-state index contributed by atoms with van der Waals surface area (Å²) in [5.74, 6) is -1.68. The van der Waals surface area contributed by atoms with Gasteiger partial charge < -0.3 is 9.84 Å². The van der Waals surface area contributed by atoms with E-state index >= 15 is 0 Å². The summed E-state index contributed by atoms with van der Waals surface area (Å²) in [5.41, 5.74) is 1.05. The molecule has 1 N–H and O–H groups in total. The van der Waals surface area contributed by atoms with Crippen molar-refractivity contribution in [1.29, 1.82) is 0 Å². The second-order valence-electron chi connectivity index (χ2n) is 4.15. The summed E-state index contributed by atoms with van der Waals surface area (Å²) in [6.45, 7) is 1.91. The molecule has 0 atom stereocenters. The van der Waals surface area contributed by atoms with Gasteiger partial charge in [-0.05, 0) is 37.3 Å². The van der Waals surface area contributed by atoms with Gasteiger partial charge in [0.25, 0.3) is 0 Å². The number of carboxylic acid groups (broad SMARTS) is 1. The Morgan fingerprint density at radius 1 is 1.38 bits per heavy atom. The first-order chi connectivity index (χ1) is 10.0. The molecule has 0 bridgehead atoms. The maximum atomic E-state index is 12.0. The van der Waals surface area contributed by atoms with Crippen LogP contribution in [0.3, 0.4) is 0 Å². The topological polar surface area (TPSA) is 76.5 Å². The Hall–Kier alpha value is -2.40. The molecule has 108 valence electrons. The Labute approximate surface area is 125 Å². The lowest BCUT2D eigenvalue weighted by atomic mass is 10.1. The van der Waals surface area contributed by atoms with Gasteiger partial charge in [0, 0.05) is 16.5 Å². The second kappa shape index (κ2) is 6.37. The van der Waals surface area contributed by atoms with Crippen molar-refractivity contribution in [2.75, 3.05) is 6.61 Å². The van der Waals surface area contributed by atoms with Gasteiger partial charge in [0.2, 0.25) is 0 Å². The van der Waals surface area contributed by atoms with Crippen LogP contribution in [0.15, 0.2) is 30.3 Å². The van der Waals surface area contributed by atoms with E-state index in [0.29, 0.717) is 15.9 Å². The summed E-state index contributed by atoms with van der Waals surface area (Å²) >= 11 is 5.92. The zero-order valence-electron chi connectivity index (χ0n) is 11.2. The van der Waals surface area contributed by atoms with Gasteiger partial charge >= 0.3 is 11.9 Å². The highest BCUT2D eigenvalue weighted by Gasteiger charge is 2.14. The van der Waals surface area contributed by atoms with E-state index in [1.165, 1.54) is 6.08 Å². The fourth-order valence-corrected chi connectivity index (χ4v) is 1.99. The molecule has 0 unspecified atom stereocenters. The third kappa shape index (κ3) is 3.58. The highest BCUT2D eigenvalue weighted by molar-refractivity contribution is 6.31. The van der Waals surface area contributed by atoms with Crippen LogP contribution in [0.25, 0.3) is 17.0 Å². The molecule has 0 radical (unpaired) electrons. The van der Waals surface area contributed by atoms with E-state index in [9.17, 15) is 9.59 Å². The first-order valence-electron chi connectivity index (χ1n) is 6.19. The number of carbonyl (C=O) groups excluding carboxylic acids is 1. The van der Waals surface area contributed by atoms with Gasteiger partial charge in [0.15, 0.2) is 0 Å². The van der Waals surface area contributed by atoms with Crippen LogP contribution in [0, 0.1) is 0 Å². The summed E-state index contributed by atoms with van der Waals surface area (Å²) in [4.78, 5) is 26.9. The molecule has 0 amide bonds. The van der Waals surface area contributed by atoms with Crippen LogP contribution in [0.2, 0.25) is 5.02 Å². The average molecular weight is 306 g/mol. The minimum Gasteiger partial charge on any atom is -0.478 e. The molecule has 0 aliphatic carbocycles. The minimum absolute atomic E-state index is 0.198. The van der Waals surface area contributed by atoms with Crippen molar-refractivity contribution in [2.24, 2.45) is 0 Å². The Morgan fingerprint density at radius 3 is 2.81 bits per heavy atom. The summed E-state index contributed by atoms with van der Waals surface area (Å²) in [7, 11) is 0. The van der Waals surface area contributed by atoms with Gasteiger partial charge in [0.1, 0.15) is 0 Å². The van der Waals surface area contributed by atoms with E-state index in [2.05, 4.69) is 4.98 Å². The largest absolute Gasteiger partial charge is 0.478 e. The van der Waals surface area contributed by atoms with Crippen LogP contribution < -0.4 is 0 Å². The van der Waals surface area contributed by atoms with Crippen LogP contribution in [0.4, 0.5) is 0 Å². The van der Waals surface area contributed by atoms with Crippen LogP contribution >= 0.6 is 11.6 Å². The smallest absolute Gasteiger partial charge is 0.340 e. The molecule has 6 heteroatoms. The van der Waals surface area contributed by atoms with Crippen LogP contribution in [-0.2, 0) is 9.53 Å². The zero-order chi connectivity index (χ0) is 15.4. The molecule has 0 saturated carbocycles. The van der Waals surface area contributed by atoms with E-state index in [1.54, 1.807) is 31.2 Å². The first kappa shape index (κ1) is 15.0. The Morgan fingerprint density at radius 2 is 2.14 bits per heavy atom. The van der Waals surface area contributed by atoms with E-state index in [1.807, 2.05) is 0 Å². The van der Waals surface area contributed by atoms with E-state index in [0.717, 1.165) is 6.08 Å². The molecule has 21 heavy (non-hydrogen) atoms. The third-order valence-corrected chi connectivity index (χ3v) is 2.92. The highest BCUT2D eigenvalue weighted by Crippen LogP contribution is 2.22. The molecule has 1 aromatic carbocycles. The number of aromatic nitrogens is 1. The number of halogens is 1. The molecule has 0 fully saturated rings.